The molecule has 6 nitrogen and oxygen atoms in total. The molecule has 0 saturated heterocycles. The molecule has 5 aromatic rings. The normalized spacial score (nSPS) is 11.3. The van der Waals surface area contributed by atoms with Gasteiger partial charge in [0.2, 0.25) is 0 Å². The second-order valence-electron chi connectivity index (χ2n) is 7.35. The van der Waals surface area contributed by atoms with Crippen molar-refractivity contribution in [2.45, 2.75) is 13.5 Å². The van der Waals surface area contributed by atoms with Crippen molar-refractivity contribution in [2.24, 2.45) is 0 Å². The summed E-state index contributed by atoms with van der Waals surface area (Å²) in [6.45, 7) is 1.89. The van der Waals surface area contributed by atoms with E-state index in [0.29, 0.717) is 27.6 Å². The van der Waals surface area contributed by atoms with Crippen LogP contribution in [0, 0.1) is 6.92 Å². The van der Waals surface area contributed by atoms with Gasteiger partial charge in [-0.25, -0.2) is 9.78 Å². The number of carbonyl (C=O) groups is 1. The van der Waals surface area contributed by atoms with Crippen molar-refractivity contribution in [1.29, 1.82) is 0 Å². The molecule has 0 amide bonds. The number of aryl methyl sites for hydroxylation is 1. The molecular formula is C24H17ClN4O2. The third-order valence-electron chi connectivity index (χ3n) is 5.23. The third kappa shape index (κ3) is 3.41. The molecular weight excluding hydrogens is 412 g/mol. The quantitative estimate of drug-likeness (QED) is 0.393. The van der Waals surface area contributed by atoms with Crippen LogP contribution in [0.15, 0.2) is 77.6 Å². The summed E-state index contributed by atoms with van der Waals surface area (Å²) in [5, 5.41) is 5.75. The number of halogens is 1. The smallest absolute Gasteiger partial charge is 0.292 e. The van der Waals surface area contributed by atoms with E-state index in [2.05, 4.69) is 10.1 Å². The summed E-state index contributed by atoms with van der Waals surface area (Å²) in [4.78, 5) is 30.8. The van der Waals surface area contributed by atoms with Crippen molar-refractivity contribution in [2.75, 3.05) is 0 Å². The van der Waals surface area contributed by atoms with E-state index in [-0.39, 0.29) is 12.3 Å². The van der Waals surface area contributed by atoms with E-state index in [1.54, 1.807) is 24.3 Å². The molecule has 7 heteroatoms. The zero-order valence-electron chi connectivity index (χ0n) is 16.6. The Kier molecular flexibility index (Phi) is 4.64. The van der Waals surface area contributed by atoms with Gasteiger partial charge < -0.3 is 0 Å². The lowest BCUT2D eigenvalue weighted by molar-refractivity contribution is 0.0971. The highest BCUT2D eigenvalue weighted by molar-refractivity contribution is 6.30. The van der Waals surface area contributed by atoms with Crippen molar-refractivity contribution >= 4 is 33.9 Å². The maximum atomic E-state index is 13.3. The number of fused-ring (bicyclic) bond motifs is 3. The van der Waals surface area contributed by atoms with Crippen LogP contribution in [0.4, 0.5) is 0 Å². The summed E-state index contributed by atoms with van der Waals surface area (Å²) >= 11 is 5.92. The fraction of sp³-hybridized carbons (Fsp3) is 0.0833. The van der Waals surface area contributed by atoms with Gasteiger partial charge in [0.25, 0.3) is 0 Å². The Bertz CT molecular complexity index is 1500. The number of Topliss-reactive ketones (excluding diaryl/α,β-unsaturated/α-hetero) is 1. The highest BCUT2D eigenvalue weighted by Crippen LogP contribution is 2.22. The minimum atomic E-state index is -0.415. The first kappa shape index (κ1) is 19.2. The molecule has 3 aromatic carbocycles. The number of rotatable bonds is 4. The van der Waals surface area contributed by atoms with Gasteiger partial charge in [-0.15, -0.1) is 5.10 Å². The molecule has 0 saturated carbocycles. The first-order valence-corrected chi connectivity index (χ1v) is 10.1. The Morgan fingerprint density at radius 2 is 1.68 bits per heavy atom. The van der Waals surface area contributed by atoms with Crippen LogP contribution in [0.1, 0.15) is 15.9 Å². The fourth-order valence-electron chi connectivity index (χ4n) is 3.58. The summed E-state index contributed by atoms with van der Waals surface area (Å²) in [6.07, 6.45) is 0. The molecule has 5 rings (SSSR count). The van der Waals surface area contributed by atoms with Crippen LogP contribution < -0.4 is 5.69 Å². The minimum Gasteiger partial charge on any atom is -0.292 e. The van der Waals surface area contributed by atoms with Gasteiger partial charge in [0.05, 0.1) is 12.1 Å². The van der Waals surface area contributed by atoms with E-state index in [1.807, 2.05) is 55.5 Å². The van der Waals surface area contributed by atoms with Crippen LogP contribution in [-0.2, 0) is 6.54 Å². The first-order chi connectivity index (χ1) is 15.0. The molecule has 0 bridgehead atoms. The largest absolute Gasteiger partial charge is 0.351 e. The maximum Gasteiger partial charge on any atom is 0.351 e. The number of benzene rings is 3. The number of nitrogens with zero attached hydrogens (tertiary/aromatic N) is 4. The summed E-state index contributed by atoms with van der Waals surface area (Å²) < 4.78 is 2.71. The van der Waals surface area contributed by atoms with Crippen molar-refractivity contribution in [3.63, 3.8) is 0 Å². The Hall–Kier alpha value is -3.77. The highest BCUT2D eigenvalue weighted by atomic mass is 35.5. The topological polar surface area (TPSA) is 69.3 Å². The van der Waals surface area contributed by atoms with Crippen LogP contribution in [0.5, 0.6) is 0 Å². The summed E-state index contributed by atoms with van der Waals surface area (Å²) in [5.74, 6) is 0.270. The van der Waals surface area contributed by atoms with Crippen LogP contribution in [0.3, 0.4) is 0 Å². The van der Waals surface area contributed by atoms with Crippen LogP contribution in [0.2, 0.25) is 5.02 Å². The van der Waals surface area contributed by atoms with Crippen LogP contribution in [0.25, 0.3) is 27.9 Å². The summed E-state index contributed by atoms with van der Waals surface area (Å²) in [6, 6.07) is 21.8. The van der Waals surface area contributed by atoms with Gasteiger partial charge in [0, 0.05) is 21.5 Å². The van der Waals surface area contributed by atoms with E-state index >= 15 is 0 Å². The second-order valence-corrected chi connectivity index (χ2v) is 7.79. The number of para-hydroxylation sites is 1. The molecule has 0 fully saturated rings. The average molecular weight is 429 g/mol. The molecule has 0 aliphatic heterocycles. The SMILES string of the molecule is Cc1ccc(-c2nc3c4ccccc4n(CC(=O)c4ccc(Cl)cc4)c(=O)n3n2)cc1. The lowest BCUT2D eigenvalue weighted by Crippen LogP contribution is -2.30. The molecule has 0 atom stereocenters. The Morgan fingerprint density at radius 3 is 2.42 bits per heavy atom. The highest BCUT2D eigenvalue weighted by Gasteiger charge is 2.18. The molecule has 0 radical (unpaired) electrons. The van der Waals surface area contributed by atoms with Gasteiger partial charge in [0.1, 0.15) is 0 Å². The molecule has 0 aliphatic rings. The monoisotopic (exact) mass is 428 g/mol. The Morgan fingerprint density at radius 1 is 0.968 bits per heavy atom. The number of aromatic nitrogens is 4. The molecule has 2 aromatic heterocycles. The van der Waals surface area contributed by atoms with Gasteiger partial charge in [-0.05, 0) is 43.3 Å². The zero-order valence-corrected chi connectivity index (χ0v) is 17.4. The van der Waals surface area contributed by atoms with E-state index < -0.39 is 5.69 Å². The van der Waals surface area contributed by atoms with Crippen molar-refractivity contribution in [3.8, 4) is 11.4 Å². The molecule has 0 spiro atoms. The van der Waals surface area contributed by atoms with Gasteiger partial charge in [-0.1, -0.05) is 53.6 Å². The van der Waals surface area contributed by atoms with Crippen molar-refractivity contribution in [1.82, 2.24) is 19.2 Å². The molecule has 2 heterocycles. The lowest BCUT2D eigenvalue weighted by atomic mass is 10.1. The van der Waals surface area contributed by atoms with E-state index in [4.69, 9.17) is 11.6 Å². The van der Waals surface area contributed by atoms with Gasteiger partial charge in [-0.2, -0.15) is 4.52 Å². The number of hydrogen-bond donors (Lipinski definition) is 0. The molecule has 0 N–H and O–H groups in total. The third-order valence-corrected chi connectivity index (χ3v) is 5.48. The summed E-state index contributed by atoms with van der Waals surface area (Å²) in [7, 11) is 0. The molecule has 152 valence electrons. The first-order valence-electron chi connectivity index (χ1n) is 9.75. The number of hydrogen-bond acceptors (Lipinski definition) is 4. The van der Waals surface area contributed by atoms with E-state index in [9.17, 15) is 9.59 Å². The number of ketones is 1. The van der Waals surface area contributed by atoms with Crippen molar-refractivity contribution < 1.29 is 4.79 Å². The zero-order chi connectivity index (χ0) is 21.5. The molecule has 31 heavy (non-hydrogen) atoms. The number of carbonyl (C=O) groups excluding carboxylic acids is 1. The molecule has 0 aliphatic carbocycles. The fourth-order valence-corrected chi connectivity index (χ4v) is 3.71. The minimum absolute atomic E-state index is 0.114. The predicted octanol–water partition coefficient (Wildman–Crippen LogP) is 4.56. The van der Waals surface area contributed by atoms with E-state index in [0.717, 1.165) is 16.5 Å². The standard InChI is InChI=1S/C24H17ClN4O2/c1-15-6-8-17(9-7-15)22-26-23-19-4-2-3-5-20(19)28(24(31)29(23)27-22)14-21(30)16-10-12-18(25)13-11-16/h2-13H,14H2,1H3. The van der Waals surface area contributed by atoms with Crippen LogP contribution >= 0.6 is 11.6 Å². The summed E-state index contributed by atoms with van der Waals surface area (Å²) in [5.41, 5.74) is 3.11. The predicted molar refractivity (Wildman–Crippen MR) is 121 cm³/mol. The second kappa shape index (κ2) is 7.49. The van der Waals surface area contributed by atoms with Crippen LogP contribution in [-0.4, -0.2) is 24.9 Å². The van der Waals surface area contributed by atoms with Gasteiger partial charge >= 0.3 is 5.69 Å². The van der Waals surface area contributed by atoms with Gasteiger partial charge in [-0.3, -0.25) is 9.36 Å². The maximum absolute atomic E-state index is 13.3. The van der Waals surface area contributed by atoms with Gasteiger partial charge in [0.15, 0.2) is 17.3 Å². The average Bonchev–Trinajstić information content (AvgIpc) is 3.23. The van der Waals surface area contributed by atoms with E-state index in [1.165, 1.54) is 9.08 Å². The van der Waals surface area contributed by atoms with Crippen molar-refractivity contribution in [3.05, 3.63) is 99.4 Å². The Labute approximate surface area is 182 Å². The molecule has 0 unspecified atom stereocenters. The Balaban J connectivity index is 1.68. The lowest BCUT2D eigenvalue weighted by Gasteiger charge is -2.10.